The number of amides is 1. The number of hydrogen-bond donors (Lipinski definition) is 2. The van der Waals surface area contributed by atoms with Gasteiger partial charge in [0.1, 0.15) is 5.70 Å². The molecule has 0 fully saturated rings. The summed E-state index contributed by atoms with van der Waals surface area (Å²) < 4.78 is 4.37. The molecule has 0 radical (unpaired) electrons. The van der Waals surface area contributed by atoms with E-state index in [2.05, 4.69) is 10.1 Å². The maximum absolute atomic E-state index is 11.5. The molecule has 96 valence electrons. The van der Waals surface area contributed by atoms with Crippen molar-refractivity contribution in [3.63, 3.8) is 0 Å². The fraction of sp³-hybridized carbons (Fsp3) is 0.231. The van der Waals surface area contributed by atoms with E-state index < -0.39 is 11.9 Å². The minimum absolute atomic E-state index is 0.157. The van der Waals surface area contributed by atoms with Crippen LogP contribution >= 0.6 is 0 Å². The van der Waals surface area contributed by atoms with Gasteiger partial charge in [-0.25, -0.2) is 4.79 Å². The number of carbonyl (C=O) groups excluding carboxylic acids is 2. The zero-order valence-corrected chi connectivity index (χ0v) is 10.2. The number of ether oxygens (including phenoxy) is 1. The summed E-state index contributed by atoms with van der Waals surface area (Å²) in [5, 5.41) is 2.62. The van der Waals surface area contributed by atoms with E-state index in [1.54, 1.807) is 0 Å². The molecule has 0 heterocycles. The molecule has 5 nitrogen and oxygen atoms in total. The van der Waals surface area contributed by atoms with E-state index in [-0.39, 0.29) is 5.70 Å². The maximum atomic E-state index is 11.5. The summed E-state index contributed by atoms with van der Waals surface area (Å²) in [6, 6.07) is 9.74. The summed E-state index contributed by atoms with van der Waals surface area (Å²) in [4.78, 5) is 22.3. The number of methoxy groups -OCH3 is 1. The van der Waals surface area contributed by atoms with E-state index in [0.717, 1.165) is 11.6 Å². The number of nitrogens with two attached hydrogens (primary N) is 1. The minimum atomic E-state index is -0.647. The molecule has 5 heteroatoms. The zero-order valence-electron chi connectivity index (χ0n) is 10.2. The smallest absolute Gasteiger partial charge is 0.332 e. The van der Waals surface area contributed by atoms with Crippen LogP contribution in [0.2, 0.25) is 0 Å². The molecule has 18 heavy (non-hydrogen) atoms. The number of rotatable bonds is 5. The standard InChI is InChI=1S/C13H16N2O3/c1-18-12(16)9-11(14)13(17)15-8-7-10-5-3-2-4-6-10/h2-6,9H,7-8,14H2,1H3,(H,15,17)/b11-9-. The molecule has 0 aliphatic carbocycles. The molecule has 1 rings (SSSR count). The fourth-order valence-electron chi connectivity index (χ4n) is 1.32. The molecule has 0 unspecified atom stereocenters. The third-order valence-electron chi connectivity index (χ3n) is 2.28. The molecule has 3 N–H and O–H groups in total. The molecule has 0 saturated carbocycles. The highest BCUT2D eigenvalue weighted by atomic mass is 16.5. The Morgan fingerprint density at radius 1 is 1.33 bits per heavy atom. The molecule has 1 aromatic rings. The summed E-state index contributed by atoms with van der Waals surface area (Å²) >= 11 is 0. The topological polar surface area (TPSA) is 81.4 Å². The summed E-state index contributed by atoms with van der Waals surface area (Å²) in [5.41, 5.74) is 6.38. The van der Waals surface area contributed by atoms with E-state index in [4.69, 9.17) is 5.73 Å². The van der Waals surface area contributed by atoms with E-state index in [9.17, 15) is 9.59 Å². The van der Waals surface area contributed by atoms with Crippen molar-refractivity contribution in [3.8, 4) is 0 Å². The molecule has 0 spiro atoms. The van der Waals surface area contributed by atoms with Crippen LogP contribution in [-0.2, 0) is 20.7 Å². The van der Waals surface area contributed by atoms with Crippen LogP contribution < -0.4 is 11.1 Å². The van der Waals surface area contributed by atoms with Crippen molar-refractivity contribution < 1.29 is 14.3 Å². The molecule has 0 aliphatic heterocycles. The summed E-state index contributed by atoms with van der Waals surface area (Å²) in [5.74, 6) is -1.12. The average molecular weight is 248 g/mol. The Hall–Kier alpha value is -2.30. The second-order valence-electron chi connectivity index (χ2n) is 3.61. The first-order chi connectivity index (χ1) is 8.63. The van der Waals surface area contributed by atoms with Gasteiger partial charge in [-0.2, -0.15) is 0 Å². The maximum Gasteiger partial charge on any atom is 0.332 e. The summed E-state index contributed by atoms with van der Waals surface area (Å²) in [6.07, 6.45) is 1.66. The second-order valence-corrected chi connectivity index (χ2v) is 3.61. The third kappa shape index (κ3) is 4.69. The van der Waals surface area contributed by atoms with Gasteiger partial charge in [0.05, 0.1) is 13.2 Å². The Balaban J connectivity index is 2.38. The van der Waals surface area contributed by atoms with Gasteiger partial charge in [-0.15, -0.1) is 0 Å². The van der Waals surface area contributed by atoms with Crippen molar-refractivity contribution in [2.45, 2.75) is 6.42 Å². The van der Waals surface area contributed by atoms with Crippen LogP contribution in [0.5, 0.6) is 0 Å². The second kappa shape index (κ2) is 7.11. The van der Waals surface area contributed by atoms with E-state index >= 15 is 0 Å². The highest BCUT2D eigenvalue weighted by Crippen LogP contribution is 1.98. The highest BCUT2D eigenvalue weighted by molar-refractivity contribution is 5.98. The molecule has 0 aromatic heterocycles. The predicted octanol–water partition coefficient (Wildman–Crippen LogP) is 0.361. The molecule has 0 bridgehead atoms. The molecule has 1 aromatic carbocycles. The number of benzene rings is 1. The average Bonchev–Trinajstić information content (AvgIpc) is 2.39. The highest BCUT2D eigenvalue weighted by Gasteiger charge is 2.06. The Morgan fingerprint density at radius 2 is 2.00 bits per heavy atom. The summed E-state index contributed by atoms with van der Waals surface area (Å²) in [7, 11) is 1.22. The number of esters is 1. The Bertz CT molecular complexity index is 441. The lowest BCUT2D eigenvalue weighted by atomic mass is 10.1. The first-order valence-electron chi connectivity index (χ1n) is 5.50. The quantitative estimate of drug-likeness (QED) is 0.582. The van der Waals surface area contributed by atoms with Gasteiger partial charge >= 0.3 is 5.97 Å². The molecular formula is C13H16N2O3. The van der Waals surface area contributed by atoms with Crippen LogP contribution in [0.4, 0.5) is 0 Å². The van der Waals surface area contributed by atoms with Crippen LogP contribution in [0.25, 0.3) is 0 Å². The van der Waals surface area contributed by atoms with Crippen LogP contribution in [0, 0.1) is 0 Å². The predicted molar refractivity (Wildman–Crippen MR) is 67.4 cm³/mol. The van der Waals surface area contributed by atoms with Crippen molar-refractivity contribution in [3.05, 3.63) is 47.7 Å². The lowest BCUT2D eigenvalue weighted by Gasteiger charge is -2.05. The number of carbonyl (C=O) groups is 2. The molecule has 0 atom stereocenters. The molecule has 0 aliphatic rings. The SMILES string of the molecule is COC(=O)/C=C(\N)C(=O)NCCc1ccccc1. The normalized spacial score (nSPS) is 10.8. The van der Waals surface area contributed by atoms with Crippen molar-refractivity contribution in [1.29, 1.82) is 0 Å². The Labute approximate surface area is 106 Å². The Kier molecular flexibility index (Phi) is 5.44. The van der Waals surface area contributed by atoms with Crippen molar-refractivity contribution in [2.75, 3.05) is 13.7 Å². The first kappa shape index (κ1) is 13.8. The monoisotopic (exact) mass is 248 g/mol. The van der Waals surface area contributed by atoms with E-state index in [1.807, 2.05) is 30.3 Å². The first-order valence-corrected chi connectivity index (χ1v) is 5.50. The van der Waals surface area contributed by atoms with Gasteiger partial charge in [0.15, 0.2) is 0 Å². The van der Waals surface area contributed by atoms with E-state index in [1.165, 1.54) is 7.11 Å². The third-order valence-corrected chi connectivity index (χ3v) is 2.28. The van der Waals surface area contributed by atoms with Gasteiger partial charge < -0.3 is 15.8 Å². The van der Waals surface area contributed by atoms with Gasteiger partial charge in [0.2, 0.25) is 0 Å². The molecule has 1 amide bonds. The lowest BCUT2D eigenvalue weighted by Crippen LogP contribution is -2.30. The van der Waals surface area contributed by atoms with Gasteiger partial charge in [0.25, 0.3) is 5.91 Å². The van der Waals surface area contributed by atoms with Gasteiger partial charge in [0, 0.05) is 6.54 Å². The van der Waals surface area contributed by atoms with Crippen LogP contribution in [0.3, 0.4) is 0 Å². The van der Waals surface area contributed by atoms with E-state index in [0.29, 0.717) is 13.0 Å². The van der Waals surface area contributed by atoms with Crippen molar-refractivity contribution in [1.82, 2.24) is 5.32 Å². The van der Waals surface area contributed by atoms with Crippen LogP contribution in [0.1, 0.15) is 5.56 Å². The molecular weight excluding hydrogens is 232 g/mol. The van der Waals surface area contributed by atoms with Gasteiger partial charge in [-0.3, -0.25) is 4.79 Å². The van der Waals surface area contributed by atoms with Gasteiger partial charge in [-0.05, 0) is 12.0 Å². The minimum Gasteiger partial charge on any atom is -0.466 e. The van der Waals surface area contributed by atoms with Crippen molar-refractivity contribution >= 4 is 11.9 Å². The summed E-state index contributed by atoms with van der Waals surface area (Å²) in [6.45, 7) is 0.457. The number of hydrogen-bond acceptors (Lipinski definition) is 4. The van der Waals surface area contributed by atoms with Crippen LogP contribution in [-0.4, -0.2) is 25.5 Å². The van der Waals surface area contributed by atoms with Crippen molar-refractivity contribution in [2.24, 2.45) is 5.73 Å². The Morgan fingerprint density at radius 3 is 2.61 bits per heavy atom. The van der Waals surface area contributed by atoms with Crippen LogP contribution in [0.15, 0.2) is 42.1 Å². The zero-order chi connectivity index (χ0) is 13.4. The lowest BCUT2D eigenvalue weighted by molar-refractivity contribution is -0.135. The fourth-order valence-corrected chi connectivity index (χ4v) is 1.32. The number of nitrogens with one attached hydrogen (secondary N) is 1. The molecule has 0 saturated heterocycles. The largest absolute Gasteiger partial charge is 0.466 e. The van der Waals surface area contributed by atoms with Gasteiger partial charge in [-0.1, -0.05) is 30.3 Å².